The number of rotatable bonds is 3. The van der Waals surface area contributed by atoms with Crippen LogP contribution in [0.25, 0.3) is 11.4 Å². The molecule has 2 aromatic heterocycles. The van der Waals surface area contributed by atoms with Crippen molar-refractivity contribution in [2.24, 2.45) is 7.05 Å². The Morgan fingerprint density at radius 2 is 2.05 bits per heavy atom. The van der Waals surface area contributed by atoms with Crippen LogP contribution in [0, 0.1) is 6.92 Å². The maximum atomic E-state index is 12.1. The zero-order chi connectivity index (χ0) is 15.5. The van der Waals surface area contributed by atoms with E-state index in [0.29, 0.717) is 17.1 Å². The summed E-state index contributed by atoms with van der Waals surface area (Å²) in [6.45, 7) is 1.86. The van der Waals surface area contributed by atoms with Gasteiger partial charge in [0.15, 0.2) is 5.82 Å². The molecule has 0 unspecified atom stereocenters. The van der Waals surface area contributed by atoms with Crippen LogP contribution < -0.4 is 4.74 Å². The molecular formula is C16H14N4O2. The lowest BCUT2D eigenvalue weighted by atomic mass is 10.2. The van der Waals surface area contributed by atoms with E-state index in [9.17, 15) is 4.79 Å². The highest BCUT2D eigenvalue weighted by Crippen LogP contribution is 2.21. The first kappa shape index (κ1) is 13.9. The van der Waals surface area contributed by atoms with Crippen LogP contribution in [0.1, 0.15) is 16.1 Å². The zero-order valence-electron chi connectivity index (χ0n) is 12.2. The van der Waals surface area contributed by atoms with E-state index < -0.39 is 5.97 Å². The summed E-state index contributed by atoms with van der Waals surface area (Å²) in [5.41, 5.74) is 2.04. The van der Waals surface area contributed by atoms with Crippen molar-refractivity contribution >= 4 is 5.97 Å². The molecule has 0 radical (unpaired) electrons. The van der Waals surface area contributed by atoms with Gasteiger partial charge in [0.25, 0.3) is 0 Å². The van der Waals surface area contributed by atoms with Gasteiger partial charge < -0.3 is 4.74 Å². The fourth-order valence-electron chi connectivity index (χ4n) is 1.92. The van der Waals surface area contributed by atoms with E-state index >= 15 is 0 Å². The Hall–Kier alpha value is -3.02. The molecule has 6 nitrogen and oxygen atoms in total. The average Bonchev–Trinajstić information content (AvgIpc) is 2.95. The molecule has 3 rings (SSSR count). The van der Waals surface area contributed by atoms with Crippen LogP contribution in [0.15, 0.2) is 48.9 Å². The molecule has 0 N–H and O–H groups in total. The molecule has 0 atom stereocenters. The quantitative estimate of drug-likeness (QED) is 0.548. The molecule has 0 spiro atoms. The molecule has 22 heavy (non-hydrogen) atoms. The largest absolute Gasteiger partial charge is 0.423 e. The first-order valence-corrected chi connectivity index (χ1v) is 6.73. The summed E-state index contributed by atoms with van der Waals surface area (Å²) in [7, 11) is 1.80. The van der Waals surface area contributed by atoms with E-state index in [-0.39, 0.29) is 0 Å². The van der Waals surface area contributed by atoms with Gasteiger partial charge in [-0.15, -0.1) is 0 Å². The molecule has 6 heteroatoms. The number of carbonyl (C=O) groups excluding carboxylic acids is 1. The summed E-state index contributed by atoms with van der Waals surface area (Å²) >= 11 is 0. The SMILES string of the molecule is Cc1ccc(C(=O)Oc2cccc(-c3ncn(C)n3)c2)cn1. The lowest BCUT2D eigenvalue weighted by Gasteiger charge is -2.05. The number of pyridine rings is 1. The van der Waals surface area contributed by atoms with E-state index in [1.807, 2.05) is 13.0 Å². The van der Waals surface area contributed by atoms with Crippen LogP contribution in [0.2, 0.25) is 0 Å². The van der Waals surface area contributed by atoms with Crippen LogP contribution in [0.3, 0.4) is 0 Å². The summed E-state index contributed by atoms with van der Waals surface area (Å²) in [4.78, 5) is 20.3. The number of hydrogen-bond donors (Lipinski definition) is 0. The Kier molecular flexibility index (Phi) is 3.65. The third kappa shape index (κ3) is 3.01. The minimum atomic E-state index is -0.446. The monoisotopic (exact) mass is 294 g/mol. The second-order valence-electron chi connectivity index (χ2n) is 4.85. The van der Waals surface area contributed by atoms with Gasteiger partial charge in [-0.1, -0.05) is 12.1 Å². The van der Waals surface area contributed by atoms with Gasteiger partial charge in [0.2, 0.25) is 0 Å². The summed E-state index contributed by atoms with van der Waals surface area (Å²) in [6.07, 6.45) is 3.12. The Bertz CT molecular complexity index is 809. The van der Waals surface area contributed by atoms with Gasteiger partial charge in [0.05, 0.1) is 5.56 Å². The Labute approximate surface area is 127 Å². The van der Waals surface area contributed by atoms with Crippen LogP contribution >= 0.6 is 0 Å². The normalized spacial score (nSPS) is 10.5. The number of ether oxygens (including phenoxy) is 1. The summed E-state index contributed by atoms with van der Waals surface area (Å²) in [6, 6.07) is 10.6. The fourth-order valence-corrected chi connectivity index (χ4v) is 1.92. The van der Waals surface area contributed by atoms with E-state index in [1.54, 1.807) is 48.4 Å². The van der Waals surface area contributed by atoms with E-state index in [2.05, 4.69) is 15.1 Å². The van der Waals surface area contributed by atoms with Gasteiger partial charge in [-0.25, -0.2) is 9.78 Å². The Morgan fingerprint density at radius 1 is 1.18 bits per heavy atom. The maximum Gasteiger partial charge on any atom is 0.345 e. The van der Waals surface area contributed by atoms with Crippen molar-refractivity contribution in [1.82, 2.24) is 19.7 Å². The molecule has 0 amide bonds. The Balaban J connectivity index is 1.81. The van der Waals surface area contributed by atoms with Crippen molar-refractivity contribution in [3.8, 4) is 17.1 Å². The molecule has 0 aliphatic carbocycles. The van der Waals surface area contributed by atoms with Gasteiger partial charge in [0, 0.05) is 24.5 Å². The summed E-state index contributed by atoms with van der Waals surface area (Å²) in [5.74, 6) is 0.576. The van der Waals surface area contributed by atoms with E-state index in [0.717, 1.165) is 11.3 Å². The Morgan fingerprint density at radius 3 is 2.73 bits per heavy atom. The predicted molar refractivity (Wildman–Crippen MR) is 80.4 cm³/mol. The second kappa shape index (κ2) is 5.77. The first-order valence-electron chi connectivity index (χ1n) is 6.73. The van der Waals surface area contributed by atoms with Crippen LogP contribution in [-0.2, 0) is 7.05 Å². The average molecular weight is 294 g/mol. The molecule has 2 heterocycles. The number of aromatic nitrogens is 4. The van der Waals surface area contributed by atoms with Gasteiger partial charge in [-0.3, -0.25) is 9.67 Å². The second-order valence-corrected chi connectivity index (χ2v) is 4.85. The lowest BCUT2D eigenvalue weighted by Crippen LogP contribution is -2.09. The third-order valence-electron chi connectivity index (χ3n) is 3.05. The van der Waals surface area contributed by atoms with Crippen molar-refractivity contribution in [2.75, 3.05) is 0 Å². The van der Waals surface area contributed by atoms with Crippen molar-refractivity contribution in [3.05, 3.63) is 60.2 Å². The standard InChI is InChI=1S/C16H14N4O2/c1-11-6-7-13(9-17-11)16(21)22-14-5-3-4-12(8-14)15-18-10-20(2)19-15/h3-10H,1-2H3. The number of benzene rings is 1. The van der Waals surface area contributed by atoms with Crippen molar-refractivity contribution in [3.63, 3.8) is 0 Å². The maximum absolute atomic E-state index is 12.1. The highest BCUT2D eigenvalue weighted by Gasteiger charge is 2.10. The number of nitrogens with zero attached hydrogens (tertiary/aromatic N) is 4. The smallest absolute Gasteiger partial charge is 0.345 e. The molecule has 110 valence electrons. The summed E-state index contributed by atoms with van der Waals surface area (Å²) < 4.78 is 6.99. The van der Waals surface area contributed by atoms with Gasteiger partial charge in [0.1, 0.15) is 12.1 Å². The fraction of sp³-hybridized carbons (Fsp3) is 0.125. The van der Waals surface area contributed by atoms with Crippen LogP contribution in [0.5, 0.6) is 5.75 Å². The van der Waals surface area contributed by atoms with Crippen molar-refractivity contribution < 1.29 is 9.53 Å². The molecule has 0 saturated heterocycles. The van der Waals surface area contributed by atoms with Crippen molar-refractivity contribution in [2.45, 2.75) is 6.92 Å². The number of hydrogen-bond acceptors (Lipinski definition) is 5. The number of aryl methyl sites for hydroxylation is 2. The highest BCUT2D eigenvalue weighted by molar-refractivity contribution is 5.90. The van der Waals surface area contributed by atoms with Gasteiger partial charge in [-0.05, 0) is 31.2 Å². The highest BCUT2D eigenvalue weighted by atomic mass is 16.5. The first-order chi connectivity index (χ1) is 10.6. The molecule has 0 saturated carbocycles. The molecule has 1 aromatic carbocycles. The molecule has 0 aliphatic heterocycles. The van der Waals surface area contributed by atoms with E-state index in [4.69, 9.17) is 4.74 Å². The predicted octanol–water partition coefficient (Wildman–Crippen LogP) is 2.40. The minimum absolute atomic E-state index is 0.409. The summed E-state index contributed by atoms with van der Waals surface area (Å²) in [5, 5.41) is 4.22. The topological polar surface area (TPSA) is 69.9 Å². The number of carbonyl (C=O) groups is 1. The molecule has 0 bridgehead atoms. The number of esters is 1. The molecular weight excluding hydrogens is 280 g/mol. The van der Waals surface area contributed by atoms with Gasteiger partial charge in [-0.2, -0.15) is 5.10 Å². The van der Waals surface area contributed by atoms with E-state index in [1.165, 1.54) is 6.20 Å². The molecule has 0 fully saturated rings. The van der Waals surface area contributed by atoms with Crippen LogP contribution in [-0.4, -0.2) is 25.7 Å². The molecule has 3 aromatic rings. The lowest BCUT2D eigenvalue weighted by molar-refractivity contribution is 0.0734. The minimum Gasteiger partial charge on any atom is -0.423 e. The molecule has 0 aliphatic rings. The van der Waals surface area contributed by atoms with Crippen LogP contribution in [0.4, 0.5) is 0 Å². The third-order valence-corrected chi connectivity index (χ3v) is 3.05. The van der Waals surface area contributed by atoms with Gasteiger partial charge >= 0.3 is 5.97 Å². The zero-order valence-corrected chi connectivity index (χ0v) is 12.2. The van der Waals surface area contributed by atoms with Crippen molar-refractivity contribution in [1.29, 1.82) is 0 Å².